The number of esters is 1. The molecular weight excluding hydrogens is 244 g/mol. The first kappa shape index (κ1) is 15.7. The van der Waals surface area contributed by atoms with Gasteiger partial charge in [-0.1, -0.05) is 25.5 Å². The van der Waals surface area contributed by atoms with Gasteiger partial charge in [0.05, 0.1) is 18.8 Å². The van der Waals surface area contributed by atoms with Crippen LogP contribution in [0.3, 0.4) is 0 Å². The Morgan fingerprint density at radius 1 is 1.11 bits per heavy atom. The quantitative estimate of drug-likeness (QED) is 0.678. The van der Waals surface area contributed by atoms with Crippen LogP contribution in [0.2, 0.25) is 0 Å². The lowest BCUT2D eigenvalue weighted by Crippen LogP contribution is -2.27. The van der Waals surface area contributed by atoms with E-state index in [1.54, 1.807) is 26.4 Å². The van der Waals surface area contributed by atoms with Crippen LogP contribution in [-0.4, -0.2) is 39.5 Å². The molecule has 1 rings (SSSR count). The van der Waals surface area contributed by atoms with Gasteiger partial charge in [0.1, 0.15) is 6.10 Å². The number of carbonyl (C=O) groups is 1. The summed E-state index contributed by atoms with van der Waals surface area (Å²) in [7, 11) is 3.13. The van der Waals surface area contributed by atoms with E-state index in [9.17, 15) is 4.79 Å². The summed E-state index contributed by atoms with van der Waals surface area (Å²) in [5.41, 5.74) is 1.78. The van der Waals surface area contributed by atoms with Gasteiger partial charge in [-0.2, -0.15) is 0 Å². The minimum Gasteiger partial charge on any atom is -0.454 e. The fraction of sp³-hybridized carbons (Fsp3) is 0.533. The monoisotopic (exact) mass is 266 g/mol. The molecule has 0 aliphatic carbocycles. The Morgan fingerprint density at radius 3 is 2.16 bits per heavy atom. The molecule has 0 saturated heterocycles. The molecule has 0 aliphatic rings. The highest BCUT2D eigenvalue weighted by Gasteiger charge is 2.15. The maximum atomic E-state index is 11.9. The molecule has 0 N–H and O–H groups in total. The first-order chi connectivity index (χ1) is 9.21. The average molecular weight is 266 g/mol. The van der Waals surface area contributed by atoms with Crippen molar-refractivity contribution in [3.05, 3.63) is 35.4 Å². The fourth-order valence-corrected chi connectivity index (χ4v) is 1.80. The summed E-state index contributed by atoms with van der Waals surface area (Å²) in [4.78, 5) is 11.9. The van der Waals surface area contributed by atoms with Crippen molar-refractivity contribution in [3.8, 4) is 0 Å². The lowest BCUT2D eigenvalue weighted by atomic mass is 10.1. The Hall–Kier alpha value is -1.39. The van der Waals surface area contributed by atoms with Crippen molar-refractivity contribution in [2.45, 2.75) is 25.9 Å². The SMILES string of the molecule is CCCc1ccc(C(=O)OC(COC)COC)cc1. The first-order valence-corrected chi connectivity index (χ1v) is 6.49. The molecule has 1 aromatic rings. The van der Waals surface area contributed by atoms with Gasteiger partial charge in [-0.25, -0.2) is 4.79 Å². The largest absolute Gasteiger partial charge is 0.454 e. The molecule has 4 heteroatoms. The molecule has 0 heterocycles. The number of carbonyl (C=O) groups excluding carboxylic acids is 1. The third-order valence-electron chi connectivity index (χ3n) is 2.71. The molecular formula is C15H22O4. The minimum atomic E-state index is -0.377. The summed E-state index contributed by atoms with van der Waals surface area (Å²) in [5, 5.41) is 0. The van der Waals surface area contributed by atoms with Gasteiger partial charge in [-0.3, -0.25) is 0 Å². The lowest BCUT2D eigenvalue weighted by Gasteiger charge is -2.16. The molecule has 0 aliphatic heterocycles. The van der Waals surface area contributed by atoms with Crippen LogP contribution in [0.5, 0.6) is 0 Å². The molecule has 106 valence electrons. The van der Waals surface area contributed by atoms with Crippen LogP contribution >= 0.6 is 0 Å². The summed E-state index contributed by atoms with van der Waals surface area (Å²) in [5.74, 6) is -0.345. The highest BCUT2D eigenvalue weighted by Crippen LogP contribution is 2.09. The number of hydrogen-bond donors (Lipinski definition) is 0. The molecule has 0 fully saturated rings. The first-order valence-electron chi connectivity index (χ1n) is 6.49. The number of aryl methyl sites for hydroxylation is 1. The standard InChI is InChI=1S/C15H22O4/c1-4-5-12-6-8-13(9-7-12)15(16)19-14(10-17-2)11-18-3/h6-9,14H,4-5,10-11H2,1-3H3. The second kappa shape index (κ2) is 8.67. The molecule has 0 atom stereocenters. The van der Waals surface area contributed by atoms with E-state index >= 15 is 0 Å². The third kappa shape index (κ3) is 5.41. The van der Waals surface area contributed by atoms with E-state index in [4.69, 9.17) is 14.2 Å². The Bertz CT molecular complexity index is 366. The number of hydrogen-bond acceptors (Lipinski definition) is 4. The number of ether oxygens (including phenoxy) is 3. The van der Waals surface area contributed by atoms with Crippen molar-refractivity contribution in [1.82, 2.24) is 0 Å². The van der Waals surface area contributed by atoms with E-state index in [1.807, 2.05) is 12.1 Å². The van der Waals surface area contributed by atoms with Crippen LogP contribution < -0.4 is 0 Å². The zero-order valence-electron chi connectivity index (χ0n) is 11.8. The minimum absolute atomic E-state index is 0.327. The molecule has 0 aromatic heterocycles. The van der Waals surface area contributed by atoms with E-state index in [0.29, 0.717) is 18.8 Å². The molecule has 0 spiro atoms. The Morgan fingerprint density at radius 2 is 1.68 bits per heavy atom. The molecule has 0 unspecified atom stereocenters. The lowest BCUT2D eigenvalue weighted by molar-refractivity contribution is -0.0223. The van der Waals surface area contributed by atoms with Gasteiger partial charge >= 0.3 is 5.97 Å². The second-order valence-corrected chi connectivity index (χ2v) is 4.38. The van der Waals surface area contributed by atoms with Crippen LogP contribution in [0.4, 0.5) is 0 Å². The Balaban J connectivity index is 2.60. The van der Waals surface area contributed by atoms with Crippen molar-refractivity contribution in [3.63, 3.8) is 0 Å². The topological polar surface area (TPSA) is 44.8 Å². The predicted octanol–water partition coefficient (Wildman–Crippen LogP) is 2.46. The van der Waals surface area contributed by atoms with Crippen LogP contribution in [0.15, 0.2) is 24.3 Å². The Labute approximate surface area is 114 Å². The van der Waals surface area contributed by atoms with Crippen LogP contribution in [-0.2, 0) is 20.6 Å². The zero-order valence-corrected chi connectivity index (χ0v) is 11.8. The van der Waals surface area contributed by atoms with Gasteiger partial charge in [0, 0.05) is 14.2 Å². The summed E-state index contributed by atoms with van der Waals surface area (Å²) in [6.07, 6.45) is 1.73. The molecule has 0 bridgehead atoms. The van der Waals surface area contributed by atoms with Crippen molar-refractivity contribution in [1.29, 1.82) is 0 Å². The number of benzene rings is 1. The van der Waals surface area contributed by atoms with E-state index < -0.39 is 0 Å². The van der Waals surface area contributed by atoms with Crippen LogP contribution in [0.25, 0.3) is 0 Å². The van der Waals surface area contributed by atoms with Gasteiger partial charge in [0.2, 0.25) is 0 Å². The maximum Gasteiger partial charge on any atom is 0.338 e. The maximum absolute atomic E-state index is 11.9. The van der Waals surface area contributed by atoms with Crippen LogP contribution in [0, 0.1) is 0 Å². The summed E-state index contributed by atoms with van der Waals surface area (Å²) in [6, 6.07) is 7.51. The third-order valence-corrected chi connectivity index (χ3v) is 2.71. The van der Waals surface area contributed by atoms with Crippen molar-refractivity contribution in [2.75, 3.05) is 27.4 Å². The molecule has 0 amide bonds. The van der Waals surface area contributed by atoms with Gasteiger partial charge in [0.15, 0.2) is 0 Å². The molecule has 1 aromatic carbocycles. The molecule has 0 saturated carbocycles. The Kier molecular flexibility index (Phi) is 7.15. The number of methoxy groups -OCH3 is 2. The number of rotatable bonds is 8. The highest BCUT2D eigenvalue weighted by atomic mass is 16.6. The summed E-state index contributed by atoms with van der Waals surface area (Å²) < 4.78 is 15.3. The van der Waals surface area contributed by atoms with E-state index in [2.05, 4.69) is 6.92 Å². The van der Waals surface area contributed by atoms with Crippen molar-refractivity contribution >= 4 is 5.97 Å². The summed E-state index contributed by atoms with van der Waals surface area (Å²) in [6.45, 7) is 2.78. The van der Waals surface area contributed by atoms with Crippen LogP contribution in [0.1, 0.15) is 29.3 Å². The second-order valence-electron chi connectivity index (χ2n) is 4.38. The predicted molar refractivity (Wildman–Crippen MR) is 73.4 cm³/mol. The van der Waals surface area contributed by atoms with Gasteiger partial charge in [0.25, 0.3) is 0 Å². The average Bonchev–Trinajstić information content (AvgIpc) is 2.40. The smallest absolute Gasteiger partial charge is 0.338 e. The molecule has 0 radical (unpaired) electrons. The molecule has 19 heavy (non-hydrogen) atoms. The van der Waals surface area contributed by atoms with Crippen molar-refractivity contribution in [2.24, 2.45) is 0 Å². The highest BCUT2D eigenvalue weighted by molar-refractivity contribution is 5.89. The van der Waals surface area contributed by atoms with Gasteiger partial charge < -0.3 is 14.2 Å². The normalized spacial score (nSPS) is 10.7. The van der Waals surface area contributed by atoms with Crippen molar-refractivity contribution < 1.29 is 19.0 Å². The fourth-order valence-electron chi connectivity index (χ4n) is 1.80. The van der Waals surface area contributed by atoms with E-state index in [-0.39, 0.29) is 12.1 Å². The van der Waals surface area contributed by atoms with Gasteiger partial charge in [-0.15, -0.1) is 0 Å². The van der Waals surface area contributed by atoms with E-state index in [0.717, 1.165) is 12.8 Å². The van der Waals surface area contributed by atoms with Gasteiger partial charge in [-0.05, 0) is 24.1 Å². The van der Waals surface area contributed by atoms with E-state index in [1.165, 1.54) is 5.56 Å². The molecule has 4 nitrogen and oxygen atoms in total. The summed E-state index contributed by atoms with van der Waals surface area (Å²) >= 11 is 0. The zero-order chi connectivity index (χ0) is 14.1.